The number of hydrogen-bond donors (Lipinski definition) is 4. The normalized spacial score (nSPS) is 29.9. The van der Waals surface area contributed by atoms with Gasteiger partial charge >= 0.3 is 0 Å². The second-order valence-electron chi connectivity index (χ2n) is 11.6. The van der Waals surface area contributed by atoms with Crippen LogP contribution in [0.2, 0.25) is 0 Å². The fraction of sp³-hybridized carbons (Fsp3) is 0.500. The van der Waals surface area contributed by atoms with Crippen LogP contribution in [-0.2, 0) is 23.6 Å². The molecule has 206 valence electrons. The minimum absolute atomic E-state index is 0.0164. The van der Waals surface area contributed by atoms with Gasteiger partial charge in [-0.2, -0.15) is 0 Å². The van der Waals surface area contributed by atoms with Gasteiger partial charge in [0.2, 0.25) is 5.91 Å². The number of aryl methyl sites for hydroxylation is 1. The number of benzene rings is 2. The lowest BCUT2D eigenvalue weighted by Crippen LogP contribution is -2.63. The van der Waals surface area contributed by atoms with Crippen molar-refractivity contribution in [3.8, 4) is 0 Å². The van der Waals surface area contributed by atoms with E-state index in [1.165, 1.54) is 23.1 Å². The van der Waals surface area contributed by atoms with E-state index in [1.54, 1.807) is 0 Å². The maximum absolute atomic E-state index is 15.0. The lowest BCUT2D eigenvalue weighted by Gasteiger charge is -2.47. The highest BCUT2D eigenvalue weighted by Crippen LogP contribution is 2.47. The Bertz CT molecular complexity index is 1340. The first-order valence-corrected chi connectivity index (χ1v) is 13.9. The molecule has 2 aliphatic carbocycles. The Morgan fingerprint density at radius 2 is 1.92 bits per heavy atom. The van der Waals surface area contributed by atoms with Gasteiger partial charge in [0.15, 0.2) is 5.96 Å². The van der Waals surface area contributed by atoms with E-state index in [-0.39, 0.29) is 41.4 Å². The third-order valence-electron chi connectivity index (χ3n) is 9.19. The average Bonchev–Trinajstić information content (AvgIpc) is 3.21. The molecule has 1 saturated heterocycles. The summed E-state index contributed by atoms with van der Waals surface area (Å²) in [4.78, 5) is 28.3. The SMILES string of the molecule is CC[C@]12CCCCc3ccc4c(c3)[C@@H](NC(=O)c3ccc5c(c3)[C@@H](CCC5(F)F)N(C(=N)N1)C(=O)C2)[C@H](O)C4. The van der Waals surface area contributed by atoms with Crippen LogP contribution >= 0.6 is 0 Å². The second-order valence-corrected chi connectivity index (χ2v) is 11.6. The number of rotatable bonds is 1. The van der Waals surface area contributed by atoms with Crippen LogP contribution in [0.25, 0.3) is 0 Å². The first-order valence-electron chi connectivity index (χ1n) is 13.9. The lowest BCUT2D eigenvalue weighted by atomic mass is 9.80. The molecule has 0 spiro atoms. The van der Waals surface area contributed by atoms with Crippen molar-refractivity contribution in [2.75, 3.05) is 0 Å². The highest BCUT2D eigenvalue weighted by molar-refractivity contribution is 6.00. The largest absolute Gasteiger partial charge is 0.390 e. The summed E-state index contributed by atoms with van der Waals surface area (Å²) < 4.78 is 30.0. The van der Waals surface area contributed by atoms with Crippen molar-refractivity contribution in [1.29, 1.82) is 5.41 Å². The Labute approximate surface area is 226 Å². The Balaban J connectivity index is 1.44. The Morgan fingerprint density at radius 1 is 1.10 bits per heavy atom. The van der Waals surface area contributed by atoms with E-state index >= 15 is 8.78 Å². The second kappa shape index (κ2) is 9.40. The van der Waals surface area contributed by atoms with Crippen molar-refractivity contribution in [2.45, 2.75) is 94.4 Å². The number of nitrogens with zero attached hydrogens (tertiary/aromatic N) is 1. The molecule has 7 nitrogen and oxygen atoms in total. The summed E-state index contributed by atoms with van der Waals surface area (Å²) in [5.41, 5.74) is 2.61. The van der Waals surface area contributed by atoms with E-state index in [2.05, 4.69) is 22.8 Å². The topological polar surface area (TPSA) is 106 Å². The molecule has 2 amide bonds. The third kappa shape index (κ3) is 4.40. The smallest absolute Gasteiger partial charge is 0.273 e. The molecule has 4 atom stereocenters. The average molecular weight is 537 g/mol. The maximum Gasteiger partial charge on any atom is 0.273 e. The van der Waals surface area contributed by atoms with Crippen LogP contribution in [0.5, 0.6) is 0 Å². The predicted molar refractivity (Wildman–Crippen MR) is 142 cm³/mol. The molecular formula is C30H34F2N4O3. The lowest BCUT2D eigenvalue weighted by molar-refractivity contribution is -0.134. The van der Waals surface area contributed by atoms with Gasteiger partial charge < -0.3 is 15.7 Å². The molecule has 5 aliphatic rings. The van der Waals surface area contributed by atoms with Gasteiger partial charge in [-0.05, 0) is 66.5 Å². The fourth-order valence-electron chi connectivity index (χ4n) is 6.93. The Morgan fingerprint density at radius 3 is 2.69 bits per heavy atom. The highest BCUT2D eigenvalue weighted by Gasteiger charge is 2.48. The van der Waals surface area contributed by atoms with Gasteiger partial charge in [-0.25, -0.2) is 8.78 Å². The third-order valence-corrected chi connectivity index (χ3v) is 9.19. The van der Waals surface area contributed by atoms with Gasteiger partial charge in [0.05, 0.1) is 24.6 Å². The zero-order valence-electron chi connectivity index (χ0n) is 22.0. The number of fused-ring (bicyclic) bond motifs is 6. The fourth-order valence-corrected chi connectivity index (χ4v) is 6.93. The predicted octanol–water partition coefficient (Wildman–Crippen LogP) is 4.63. The van der Waals surface area contributed by atoms with Crippen LogP contribution in [0.4, 0.5) is 8.78 Å². The van der Waals surface area contributed by atoms with Crippen LogP contribution in [0.15, 0.2) is 36.4 Å². The molecule has 0 unspecified atom stereocenters. The van der Waals surface area contributed by atoms with Gasteiger partial charge in [0.1, 0.15) is 0 Å². The Kier molecular flexibility index (Phi) is 6.25. The number of guanidine groups is 1. The van der Waals surface area contributed by atoms with Crippen LogP contribution in [0.1, 0.15) is 102 Å². The van der Waals surface area contributed by atoms with Crippen molar-refractivity contribution in [2.24, 2.45) is 0 Å². The molecule has 2 aromatic carbocycles. The number of carbonyl (C=O) groups is 2. The number of aliphatic hydroxyl groups excluding tert-OH is 1. The first-order chi connectivity index (χ1) is 18.6. The highest BCUT2D eigenvalue weighted by atomic mass is 19.3. The number of amides is 2. The number of nitrogens with one attached hydrogen (secondary N) is 3. The summed E-state index contributed by atoms with van der Waals surface area (Å²) in [7, 11) is 0. The zero-order chi connectivity index (χ0) is 27.5. The number of halogens is 2. The van der Waals surface area contributed by atoms with Crippen molar-refractivity contribution in [3.05, 3.63) is 69.8 Å². The monoisotopic (exact) mass is 536 g/mol. The van der Waals surface area contributed by atoms with Crippen molar-refractivity contribution >= 4 is 17.8 Å². The summed E-state index contributed by atoms with van der Waals surface area (Å²) in [6.45, 7) is 2.00. The molecule has 39 heavy (non-hydrogen) atoms. The molecule has 0 saturated carbocycles. The van der Waals surface area contributed by atoms with E-state index < -0.39 is 42.0 Å². The summed E-state index contributed by atoms with van der Waals surface area (Å²) in [5, 5.41) is 25.8. The molecular weight excluding hydrogens is 502 g/mol. The van der Waals surface area contributed by atoms with Crippen molar-refractivity contribution < 1.29 is 23.5 Å². The van der Waals surface area contributed by atoms with Gasteiger partial charge in [0.25, 0.3) is 11.8 Å². The minimum Gasteiger partial charge on any atom is -0.390 e. The number of aliphatic hydroxyl groups is 1. The van der Waals surface area contributed by atoms with E-state index in [0.717, 1.165) is 42.4 Å². The molecule has 0 radical (unpaired) electrons. The number of carbonyl (C=O) groups excluding carboxylic acids is 2. The van der Waals surface area contributed by atoms with Gasteiger partial charge in [-0.1, -0.05) is 37.6 Å². The van der Waals surface area contributed by atoms with Crippen LogP contribution in [0, 0.1) is 5.41 Å². The van der Waals surface area contributed by atoms with Crippen molar-refractivity contribution in [1.82, 2.24) is 15.5 Å². The minimum atomic E-state index is -3.10. The number of alkyl halides is 2. The summed E-state index contributed by atoms with van der Waals surface area (Å²) in [5.74, 6) is -3.90. The molecule has 0 aromatic heterocycles. The quantitative estimate of drug-likeness (QED) is 0.426. The molecule has 6 bridgehead atoms. The molecule has 1 fully saturated rings. The molecule has 7 rings (SSSR count). The van der Waals surface area contributed by atoms with Gasteiger partial charge in [-0.15, -0.1) is 0 Å². The van der Waals surface area contributed by atoms with E-state index in [9.17, 15) is 14.7 Å². The van der Waals surface area contributed by atoms with E-state index in [1.807, 2.05) is 13.0 Å². The van der Waals surface area contributed by atoms with Crippen LogP contribution < -0.4 is 10.6 Å². The number of hydrogen-bond acceptors (Lipinski definition) is 4. The Hall–Kier alpha value is -3.33. The first kappa shape index (κ1) is 25.9. The standard InChI is InChI=1S/C30H34F2N4O3/c1-2-29-11-4-3-5-17-6-7-18-15-24(37)26(20(18)13-17)34-27(39)19-8-9-22-21(14-19)23(10-12-30(22,31)32)36(25(38)16-29)28(33)35-29/h6-9,13-14,23-24,26,37H,2-5,10-12,15-16H2,1H3,(H2,33,35)(H,34,39)/t23-,24-,26-,29-/m1/s1. The molecule has 3 heterocycles. The van der Waals surface area contributed by atoms with Crippen LogP contribution in [0.3, 0.4) is 0 Å². The van der Waals surface area contributed by atoms with E-state index in [0.29, 0.717) is 12.8 Å². The summed E-state index contributed by atoms with van der Waals surface area (Å²) in [6, 6.07) is 8.84. The molecule has 2 aromatic rings. The van der Waals surface area contributed by atoms with Crippen LogP contribution in [-0.4, -0.2) is 39.4 Å². The zero-order valence-corrected chi connectivity index (χ0v) is 22.0. The molecule has 9 heteroatoms. The summed E-state index contributed by atoms with van der Waals surface area (Å²) in [6.07, 6.45) is 3.32. The van der Waals surface area contributed by atoms with E-state index in [4.69, 9.17) is 5.41 Å². The maximum atomic E-state index is 15.0. The molecule has 3 aliphatic heterocycles. The van der Waals surface area contributed by atoms with Crippen molar-refractivity contribution in [3.63, 3.8) is 0 Å². The summed E-state index contributed by atoms with van der Waals surface area (Å²) >= 11 is 0. The molecule has 4 N–H and O–H groups in total. The van der Waals surface area contributed by atoms with Gasteiger partial charge in [-0.3, -0.25) is 19.9 Å². The van der Waals surface area contributed by atoms with Gasteiger partial charge in [0, 0.05) is 29.5 Å².